The smallest absolute Gasteiger partial charge is 0.337 e. The number of likely N-dealkylation sites (tertiary alicyclic amines) is 1. The molecule has 0 radical (unpaired) electrons. The van der Waals surface area contributed by atoms with Gasteiger partial charge in [0.1, 0.15) is 36.1 Å². The maximum absolute atomic E-state index is 12.6. The van der Waals surface area contributed by atoms with Gasteiger partial charge in [0.05, 0.1) is 28.8 Å². The van der Waals surface area contributed by atoms with E-state index in [0.29, 0.717) is 35.4 Å². The number of amides is 1. The molecule has 6 aromatic rings. The van der Waals surface area contributed by atoms with Gasteiger partial charge in [-0.2, -0.15) is 0 Å². The Morgan fingerprint density at radius 2 is 1.27 bits per heavy atom. The summed E-state index contributed by atoms with van der Waals surface area (Å²) >= 11 is 0. The van der Waals surface area contributed by atoms with Gasteiger partial charge in [0.2, 0.25) is 11.8 Å². The van der Waals surface area contributed by atoms with Crippen LogP contribution in [0.3, 0.4) is 0 Å². The van der Waals surface area contributed by atoms with E-state index >= 15 is 0 Å². The molecule has 1 atom stereocenters. The number of pyridine rings is 2. The molecular formula is C41H40N6O9. The van der Waals surface area contributed by atoms with Crippen molar-refractivity contribution in [2.24, 2.45) is 0 Å². The van der Waals surface area contributed by atoms with Crippen LogP contribution < -0.4 is 14.8 Å². The number of hydrogen-bond acceptors (Lipinski definition) is 12. The highest BCUT2D eigenvalue weighted by molar-refractivity contribution is 5.94. The number of ether oxygens (including phenoxy) is 2. The lowest BCUT2D eigenvalue weighted by molar-refractivity contribution is -0.138. The fourth-order valence-electron chi connectivity index (χ4n) is 6.03. The average Bonchev–Trinajstić information content (AvgIpc) is 3.78. The van der Waals surface area contributed by atoms with E-state index in [1.165, 1.54) is 24.5 Å². The number of carboxylic acids is 2. The van der Waals surface area contributed by atoms with E-state index in [4.69, 9.17) is 28.7 Å². The Balaban J connectivity index is 0.000000202. The predicted octanol–water partition coefficient (Wildman–Crippen LogP) is 6.23. The molecule has 288 valence electrons. The normalized spacial score (nSPS) is 13.9. The highest BCUT2D eigenvalue weighted by Crippen LogP contribution is 2.27. The highest BCUT2D eigenvalue weighted by atomic mass is 16.5. The molecule has 1 amide bonds. The van der Waals surface area contributed by atoms with Crippen molar-refractivity contribution in [2.75, 3.05) is 19.6 Å². The van der Waals surface area contributed by atoms with Crippen LogP contribution in [0.25, 0.3) is 22.5 Å². The Kier molecular flexibility index (Phi) is 12.8. The third-order valence-electron chi connectivity index (χ3n) is 8.97. The van der Waals surface area contributed by atoms with Gasteiger partial charge in [-0.05, 0) is 45.4 Å². The minimum Gasteiger partial charge on any atom is -0.480 e. The molecule has 1 aliphatic rings. The summed E-state index contributed by atoms with van der Waals surface area (Å²) in [6.45, 7) is 5.36. The molecule has 0 bridgehead atoms. The molecule has 2 aromatic carbocycles. The monoisotopic (exact) mass is 760 g/mol. The van der Waals surface area contributed by atoms with Crippen molar-refractivity contribution in [3.05, 3.63) is 131 Å². The zero-order valence-electron chi connectivity index (χ0n) is 30.8. The van der Waals surface area contributed by atoms with Crippen LogP contribution in [0.15, 0.2) is 106 Å². The Hall–Kier alpha value is -6.87. The summed E-state index contributed by atoms with van der Waals surface area (Å²) in [6, 6.07) is 25.6. The zero-order valence-corrected chi connectivity index (χ0v) is 30.8. The summed E-state index contributed by atoms with van der Waals surface area (Å²) < 4.78 is 22.1. The molecule has 4 aromatic heterocycles. The van der Waals surface area contributed by atoms with Gasteiger partial charge in [-0.3, -0.25) is 14.5 Å². The fraction of sp³-hybridized carbons (Fsp3) is 0.244. The Morgan fingerprint density at radius 1 is 0.750 bits per heavy atom. The van der Waals surface area contributed by atoms with Crippen molar-refractivity contribution < 1.29 is 43.1 Å². The summed E-state index contributed by atoms with van der Waals surface area (Å²) in [5.41, 5.74) is 5.55. The van der Waals surface area contributed by atoms with Gasteiger partial charge in [-0.15, -0.1) is 0 Å². The largest absolute Gasteiger partial charge is 0.480 e. The summed E-state index contributed by atoms with van der Waals surface area (Å²) in [5.74, 6) is -0.0480. The number of aromatic carboxylic acids is 1. The summed E-state index contributed by atoms with van der Waals surface area (Å²) in [7, 11) is 0. The molecular weight excluding hydrogens is 720 g/mol. The van der Waals surface area contributed by atoms with Crippen LogP contribution >= 0.6 is 0 Å². The number of piperidine rings is 1. The van der Waals surface area contributed by atoms with E-state index in [0.717, 1.165) is 53.0 Å². The Morgan fingerprint density at radius 3 is 1.73 bits per heavy atom. The van der Waals surface area contributed by atoms with Crippen LogP contribution in [0.4, 0.5) is 0 Å². The van der Waals surface area contributed by atoms with Gasteiger partial charge >= 0.3 is 11.9 Å². The van der Waals surface area contributed by atoms with Crippen LogP contribution in [0, 0.1) is 13.8 Å². The first-order valence-corrected chi connectivity index (χ1v) is 17.8. The number of nitrogens with zero attached hydrogens (tertiary/aromatic N) is 5. The summed E-state index contributed by atoms with van der Waals surface area (Å²) in [6.07, 6.45) is 4.40. The molecule has 56 heavy (non-hydrogen) atoms. The van der Waals surface area contributed by atoms with Crippen LogP contribution in [-0.2, 0) is 18.0 Å². The SMILES string of the molecule is Cc1onc(-c2ccccc2)c1COc1ccc(C(=O)NC2CCCN(CC(=O)O)C2)cn1.Cc1onc(-c2ccccc2)c1COc1ccc(C(=O)O)cn1. The lowest BCUT2D eigenvalue weighted by Crippen LogP contribution is -2.48. The lowest BCUT2D eigenvalue weighted by atomic mass is 10.1. The molecule has 15 heteroatoms. The molecule has 5 heterocycles. The van der Waals surface area contributed by atoms with E-state index in [2.05, 4.69) is 25.6 Å². The molecule has 0 saturated carbocycles. The third-order valence-corrected chi connectivity index (χ3v) is 8.97. The van der Waals surface area contributed by atoms with Crippen LogP contribution in [0.2, 0.25) is 0 Å². The molecule has 1 unspecified atom stereocenters. The van der Waals surface area contributed by atoms with E-state index in [-0.39, 0.29) is 37.3 Å². The molecule has 1 fully saturated rings. The Labute approximate surface area is 321 Å². The topological polar surface area (TPSA) is 203 Å². The van der Waals surface area contributed by atoms with Gasteiger partial charge in [0.15, 0.2) is 0 Å². The third kappa shape index (κ3) is 10.2. The van der Waals surface area contributed by atoms with Crippen LogP contribution in [-0.4, -0.2) is 78.9 Å². The van der Waals surface area contributed by atoms with E-state index in [1.54, 1.807) is 12.1 Å². The van der Waals surface area contributed by atoms with Crippen molar-refractivity contribution in [3.63, 3.8) is 0 Å². The van der Waals surface area contributed by atoms with E-state index < -0.39 is 11.9 Å². The van der Waals surface area contributed by atoms with Crippen molar-refractivity contribution in [2.45, 2.75) is 45.9 Å². The molecule has 7 rings (SSSR count). The number of hydrogen-bond donors (Lipinski definition) is 3. The number of aromatic nitrogens is 4. The maximum atomic E-state index is 12.6. The van der Waals surface area contributed by atoms with Crippen molar-refractivity contribution in [1.29, 1.82) is 0 Å². The van der Waals surface area contributed by atoms with Crippen molar-refractivity contribution in [3.8, 4) is 34.3 Å². The predicted molar refractivity (Wildman–Crippen MR) is 202 cm³/mol. The summed E-state index contributed by atoms with van der Waals surface area (Å²) in [4.78, 5) is 44.4. The van der Waals surface area contributed by atoms with Gasteiger partial charge in [0, 0.05) is 48.2 Å². The number of aryl methyl sites for hydroxylation is 2. The number of rotatable bonds is 13. The molecule has 15 nitrogen and oxygen atoms in total. The van der Waals surface area contributed by atoms with Crippen LogP contribution in [0.5, 0.6) is 11.8 Å². The first kappa shape index (κ1) is 38.8. The minimum atomic E-state index is -1.02. The average molecular weight is 761 g/mol. The number of benzene rings is 2. The number of aliphatic carboxylic acids is 1. The van der Waals surface area contributed by atoms with Crippen molar-refractivity contribution in [1.82, 2.24) is 30.5 Å². The first-order valence-electron chi connectivity index (χ1n) is 17.8. The quantitative estimate of drug-likeness (QED) is 0.120. The number of nitrogens with one attached hydrogen (secondary N) is 1. The van der Waals surface area contributed by atoms with E-state index in [1.807, 2.05) is 79.4 Å². The number of carbonyl (C=O) groups is 3. The second-order valence-corrected chi connectivity index (χ2v) is 13.0. The standard InChI is InChI=1S/C24H26N4O5.C17H14N2O4/c1-16-20(23(27-33-16)17-6-3-2-4-7-17)15-32-21-10-9-18(12-25-21)24(31)26-19-8-5-11-28(13-19)14-22(29)30;1-11-14(16(19-23-11)12-5-3-2-4-6-12)10-22-15-8-7-13(9-18-15)17(20)21/h2-4,6-7,9-10,12,19H,5,8,11,13-15H2,1H3,(H,26,31)(H,29,30);2-9H,10H2,1H3,(H,20,21). The highest BCUT2D eigenvalue weighted by Gasteiger charge is 2.23. The van der Waals surface area contributed by atoms with Gasteiger partial charge in [0.25, 0.3) is 5.91 Å². The molecule has 3 N–H and O–H groups in total. The second-order valence-electron chi connectivity index (χ2n) is 13.0. The minimum absolute atomic E-state index is 0.0163. The molecule has 0 aliphatic carbocycles. The van der Waals surface area contributed by atoms with Gasteiger partial charge in [-0.25, -0.2) is 14.8 Å². The molecule has 1 saturated heterocycles. The van der Waals surface area contributed by atoms with Crippen LogP contribution in [0.1, 0.15) is 56.2 Å². The van der Waals surface area contributed by atoms with E-state index in [9.17, 15) is 14.4 Å². The fourth-order valence-corrected chi connectivity index (χ4v) is 6.03. The molecule has 1 aliphatic heterocycles. The number of carbonyl (C=O) groups excluding carboxylic acids is 1. The summed E-state index contributed by atoms with van der Waals surface area (Å²) in [5, 5.41) is 29.0. The molecule has 0 spiro atoms. The zero-order chi connectivity index (χ0) is 39.4. The number of carboxylic acid groups (broad SMARTS) is 2. The maximum Gasteiger partial charge on any atom is 0.337 e. The van der Waals surface area contributed by atoms with Crippen molar-refractivity contribution >= 4 is 17.8 Å². The first-order chi connectivity index (χ1) is 27.1. The lowest BCUT2D eigenvalue weighted by Gasteiger charge is -2.31. The Bertz CT molecular complexity index is 2220. The second kappa shape index (κ2) is 18.4. The van der Waals surface area contributed by atoms with Gasteiger partial charge < -0.3 is 34.0 Å². The van der Waals surface area contributed by atoms with Gasteiger partial charge in [-0.1, -0.05) is 71.0 Å².